The number of hydrogen-bond acceptors (Lipinski definition) is 3. The smallest absolute Gasteiger partial charge is 0.320 e. The molecule has 4 N–H and O–H groups in total. The van der Waals surface area contributed by atoms with Gasteiger partial charge in [-0.25, -0.2) is 0 Å². The molecule has 0 radical (unpaired) electrons. The van der Waals surface area contributed by atoms with Crippen molar-refractivity contribution in [3.63, 3.8) is 0 Å². The first-order chi connectivity index (χ1) is 9.06. The van der Waals surface area contributed by atoms with Gasteiger partial charge in [0.2, 0.25) is 5.91 Å². The molecule has 0 saturated carbocycles. The van der Waals surface area contributed by atoms with E-state index in [9.17, 15) is 9.59 Å². The first kappa shape index (κ1) is 13.5. The Labute approximate surface area is 111 Å². The number of aryl methyl sites for hydroxylation is 1. The summed E-state index contributed by atoms with van der Waals surface area (Å²) < 4.78 is 0. The summed E-state index contributed by atoms with van der Waals surface area (Å²) in [6.45, 7) is 0. The number of anilines is 1. The van der Waals surface area contributed by atoms with Crippen LogP contribution in [0.5, 0.6) is 0 Å². The van der Waals surface area contributed by atoms with Crippen LogP contribution >= 0.6 is 0 Å². The summed E-state index contributed by atoms with van der Waals surface area (Å²) in [5.41, 5.74) is 8.57. The second-order valence-electron chi connectivity index (χ2n) is 4.91. The number of nitrogens with one attached hydrogen (secondary N) is 1. The lowest BCUT2D eigenvalue weighted by Gasteiger charge is -2.07. The van der Waals surface area contributed by atoms with Crippen LogP contribution in [-0.2, 0) is 22.4 Å². The molecule has 19 heavy (non-hydrogen) atoms. The van der Waals surface area contributed by atoms with Crippen LogP contribution in [0.2, 0.25) is 0 Å². The zero-order valence-electron chi connectivity index (χ0n) is 10.7. The second kappa shape index (κ2) is 5.84. The SMILES string of the molecule is NC(CCCCc1ccc2c(c1)CC(=O)N2)C(=O)O. The molecule has 1 atom stereocenters. The predicted molar refractivity (Wildman–Crippen MR) is 71.9 cm³/mol. The van der Waals surface area contributed by atoms with E-state index < -0.39 is 12.0 Å². The zero-order valence-corrected chi connectivity index (χ0v) is 10.7. The van der Waals surface area contributed by atoms with E-state index >= 15 is 0 Å². The lowest BCUT2D eigenvalue weighted by Crippen LogP contribution is -2.29. The standard InChI is InChI=1S/C14H18N2O3/c15-11(14(18)19)4-2-1-3-9-5-6-12-10(7-9)8-13(17)16-12/h5-7,11H,1-4,8,15H2,(H,16,17)(H,18,19). The van der Waals surface area contributed by atoms with Crippen molar-refractivity contribution < 1.29 is 14.7 Å². The van der Waals surface area contributed by atoms with Gasteiger partial charge in [-0.05, 0) is 36.5 Å². The van der Waals surface area contributed by atoms with E-state index in [1.807, 2.05) is 18.2 Å². The van der Waals surface area contributed by atoms with Crippen LogP contribution in [0.25, 0.3) is 0 Å². The predicted octanol–water partition coefficient (Wildman–Crippen LogP) is 1.31. The Hall–Kier alpha value is -1.88. The molecule has 1 aliphatic heterocycles. The number of carbonyl (C=O) groups is 2. The number of hydrogen-bond donors (Lipinski definition) is 3. The molecule has 102 valence electrons. The van der Waals surface area contributed by atoms with E-state index in [1.165, 1.54) is 5.56 Å². The van der Waals surface area contributed by atoms with Crippen LogP contribution < -0.4 is 11.1 Å². The van der Waals surface area contributed by atoms with Crippen molar-refractivity contribution in [3.05, 3.63) is 29.3 Å². The second-order valence-corrected chi connectivity index (χ2v) is 4.91. The van der Waals surface area contributed by atoms with Crippen molar-refractivity contribution in [3.8, 4) is 0 Å². The van der Waals surface area contributed by atoms with E-state index in [0.717, 1.165) is 30.5 Å². The molecule has 0 aromatic heterocycles. The minimum absolute atomic E-state index is 0.0413. The van der Waals surface area contributed by atoms with E-state index in [2.05, 4.69) is 5.32 Å². The zero-order chi connectivity index (χ0) is 13.8. The monoisotopic (exact) mass is 262 g/mol. The van der Waals surface area contributed by atoms with Crippen LogP contribution in [0.15, 0.2) is 18.2 Å². The van der Waals surface area contributed by atoms with Gasteiger partial charge in [0.1, 0.15) is 6.04 Å². The average molecular weight is 262 g/mol. The summed E-state index contributed by atoms with van der Waals surface area (Å²) in [6.07, 6.45) is 3.53. The summed E-state index contributed by atoms with van der Waals surface area (Å²) in [6, 6.07) is 5.21. The maximum absolute atomic E-state index is 11.2. The molecular formula is C14H18N2O3. The highest BCUT2D eigenvalue weighted by Gasteiger charge is 2.17. The number of benzene rings is 1. The maximum atomic E-state index is 11.2. The van der Waals surface area contributed by atoms with Gasteiger partial charge in [-0.3, -0.25) is 9.59 Å². The number of nitrogens with two attached hydrogens (primary N) is 1. The van der Waals surface area contributed by atoms with Crippen molar-refractivity contribution in [2.75, 3.05) is 5.32 Å². The van der Waals surface area contributed by atoms with Gasteiger partial charge in [0.15, 0.2) is 0 Å². The highest BCUT2D eigenvalue weighted by molar-refractivity contribution is 5.99. The van der Waals surface area contributed by atoms with E-state index in [0.29, 0.717) is 12.8 Å². The third-order valence-electron chi connectivity index (χ3n) is 3.34. The van der Waals surface area contributed by atoms with Crippen LogP contribution in [-0.4, -0.2) is 23.0 Å². The number of rotatable bonds is 6. The molecule has 0 saturated heterocycles. The van der Waals surface area contributed by atoms with Gasteiger partial charge in [0.05, 0.1) is 6.42 Å². The number of unbranched alkanes of at least 4 members (excludes halogenated alkanes) is 1. The third-order valence-corrected chi connectivity index (χ3v) is 3.34. The number of carboxylic acids is 1. The number of carboxylic acid groups (broad SMARTS) is 1. The fourth-order valence-electron chi connectivity index (χ4n) is 2.25. The lowest BCUT2D eigenvalue weighted by molar-refractivity contribution is -0.138. The van der Waals surface area contributed by atoms with Crippen LogP contribution in [0.1, 0.15) is 30.4 Å². The molecule has 1 amide bonds. The van der Waals surface area contributed by atoms with Crippen molar-refractivity contribution in [1.82, 2.24) is 0 Å². The molecule has 1 heterocycles. The van der Waals surface area contributed by atoms with Gasteiger partial charge in [0, 0.05) is 5.69 Å². The van der Waals surface area contributed by atoms with Crippen LogP contribution in [0.3, 0.4) is 0 Å². The Bertz CT molecular complexity index is 499. The first-order valence-electron chi connectivity index (χ1n) is 6.46. The fourth-order valence-corrected chi connectivity index (χ4v) is 2.25. The average Bonchev–Trinajstić information content (AvgIpc) is 2.73. The number of aliphatic carboxylic acids is 1. The molecule has 1 unspecified atom stereocenters. The largest absolute Gasteiger partial charge is 0.480 e. The van der Waals surface area contributed by atoms with Crippen LogP contribution in [0, 0.1) is 0 Å². The number of carbonyl (C=O) groups excluding carboxylic acids is 1. The molecule has 0 fully saturated rings. The van der Waals surface area contributed by atoms with Gasteiger partial charge in [0.25, 0.3) is 0 Å². The van der Waals surface area contributed by atoms with Crippen LogP contribution in [0.4, 0.5) is 5.69 Å². The molecule has 1 aromatic rings. The summed E-state index contributed by atoms with van der Waals surface area (Å²) in [4.78, 5) is 21.8. The Balaban J connectivity index is 1.80. The topological polar surface area (TPSA) is 92.4 Å². The molecule has 0 aliphatic carbocycles. The maximum Gasteiger partial charge on any atom is 0.320 e. The Morgan fingerprint density at radius 1 is 1.42 bits per heavy atom. The van der Waals surface area contributed by atoms with Gasteiger partial charge in [-0.15, -0.1) is 0 Å². The van der Waals surface area contributed by atoms with Gasteiger partial charge >= 0.3 is 5.97 Å². The molecule has 1 aliphatic rings. The molecule has 2 rings (SSSR count). The summed E-state index contributed by atoms with van der Waals surface area (Å²) in [5.74, 6) is -0.901. The first-order valence-corrected chi connectivity index (χ1v) is 6.46. The van der Waals surface area contributed by atoms with Gasteiger partial charge in [-0.1, -0.05) is 18.6 Å². The quantitative estimate of drug-likeness (QED) is 0.674. The van der Waals surface area contributed by atoms with E-state index in [4.69, 9.17) is 10.8 Å². The van der Waals surface area contributed by atoms with E-state index in [-0.39, 0.29) is 5.91 Å². The number of fused-ring (bicyclic) bond motifs is 1. The van der Waals surface area contributed by atoms with Gasteiger partial charge < -0.3 is 16.2 Å². The number of amides is 1. The molecule has 5 heteroatoms. The third kappa shape index (κ3) is 3.54. The Kier molecular flexibility index (Phi) is 4.16. The summed E-state index contributed by atoms with van der Waals surface area (Å²) >= 11 is 0. The van der Waals surface area contributed by atoms with E-state index in [1.54, 1.807) is 0 Å². The van der Waals surface area contributed by atoms with Crippen molar-refractivity contribution in [2.45, 2.75) is 38.1 Å². The molecule has 0 bridgehead atoms. The highest BCUT2D eigenvalue weighted by atomic mass is 16.4. The Morgan fingerprint density at radius 3 is 2.95 bits per heavy atom. The lowest BCUT2D eigenvalue weighted by atomic mass is 10.0. The fraction of sp³-hybridized carbons (Fsp3) is 0.429. The molecule has 0 spiro atoms. The van der Waals surface area contributed by atoms with Crippen molar-refractivity contribution in [1.29, 1.82) is 0 Å². The molecular weight excluding hydrogens is 244 g/mol. The Morgan fingerprint density at radius 2 is 2.21 bits per heavy atom. The summed E-state index contributed by atoms with van der Waals surface area (Å²) in [7, 11) is 0. The molecule has 1 aromatic carbocycles. The molecule has 5 nitrogen and oxygen atoms in total. The van der Waals surface area contributed by atoms with Crippen molar-refractivity contribution in [2.24, 2.45) is 5.73 Å². The van der Waals surface area contributed by atoms with Gasteiger partial charge in [-0.2, -0.15) is 0 Å². The highest BCUT2D eigenvalue weighted by Crippen LogP contribution is 2.24. The summed E-state index contributed by atoms with van der Waals surface area (Å²) in [5, 5.41) is 11.5. The normalized spacial score (nSPS) is 14.9. The van der Waals surface area contributed by atoms with Crippen molar-refractivity contribution >= 4 is 17.6 Å². The minimum Gasteiger partial charge on any atom is -0.480 e. The minimum atomic E-state index is -0.942.